The summed E-state index contributed by atoms with van der Waals surface area (Å²) in [5, 5.41) is 0. The molecule has 2 nitrogen and oxygen atoms in total. The Morgan fingerprint density at radius 3 is 1.91 bits per heavy atom. The largest absolute Gasteiger partial charge is 0.432 e. The molecule has 9 heteroatoms. The molecule has 0 aliphatic heterocycles. The third-order valence-corrected chi connectivity index (χ3v) is 7.59. The summed E-state index contributed by atoms with van der Waals surface area (Å²) in [5.41, 5.74) is 0. The molecule has 0 aromatic heterocycles. The Morgan fingerprint density at radius 1 is 0.857 bits per heavy atom. The van der Waals surface area contributed by atoms with E-state index in [2.05, 4.69) is 16.4 Å². The van der Waals surface area contributed by atoms with Crippen LogP contribution < -0.4 is 9.47 Å². The number of hydrogen-bond donors (Lipinski definition) is 0. The van der Waals surface area contributed by atoms with E-state index in [1.165, 1.54) is 38.5 Å². The number of rotatable bonds is 10. The van der Waals surface area contributed by atoms with Gasteiger partial charge in [-0.15, -0.1) is 0 Å². The van der Waals surface area contributed by atoms with Crippen molar-refractivity contribution in [1.29, 1.82) is 0 Å². The Balaban J connectivity index is 1.51. The lowest BCUT2D eigenvalue weighted by atomic mass is 9.68. The quantitative estimate of drug-likeness (QED) is 0.177. The van der Waals surface area contributed by atoms with Crippen LogP contribution in [0.1, 0.15) is 84.0 Å². The van der Waals surface area contributed by atoms with Crippen LogP contribution in [0.2, 0.25) is 0 Å². The molecule has 1 aromatic rings. The van der Waals surface area contributed by atoms with E-state index in [0.29, 0.717) is 36.8 Å². The molecule has 0 unspecified atom stereocenters. The highest BCUT2D eigenvalue weighted by Gasteiger charge is 2.45. The Morgan fingerprint density at radius 2 is 1.40 bits per heavy atom. The van der Waals surface area contributed by atoms with Crippen LogP contribution in [-0.4, -0.2) is 6.11 Å². The van der Waals surface area contributed by atoms with Gasteiger partial charge in [0.2, 0.25) is 5.75 Å². The van der Waals surface area contributed by atoms with Gasteiger partial charge in [-0.1, -0.05) is 45.4 Å². The van der Waals surface area contributed by atoms with Gasteiger partial charge in [0.1, 0.15) is 5.75 Å². The molecule has 2 saturated carbocycles. The molecule has 0 saturated heterocycles. The molecule has 0 radical (unpaired) electrons. The topological polar surface area (TPSA) is 18.5 Å². The molecule has 2 aliphatic carbocycles. The Hall–Kier alpha value is -1.93. The third-order valence-electron chi connectivity index (χ3n) is 7.59. The fourth-order valence-corrected chi connectivity index (χ4v) is 5.62. The molecule has 0 spiro atoms. The van der Waals surface area contributed by atoms with Gasteiger partial charge in [-0.25, -0.2) is 8.78 Å². The maximum absolute atomic E-state index is 14.8. The number of benzene rings is 1. The van der Waals surface area contributed by atoms with Gasteiger partial charge in [-0.2, -0.15) is 22.0 Å². The van der Waals surface area contributed by atoms with Crippen LogP contribution >= 0.6 is 0 Å². The second-order valence-corrected chi connectivity index (χ2v) is 9.90. The molecular formula is C26H33F7O2. The summed E-state index contributed by atoms with van der Waals surface area (Å²) in [5.74, 6) is -4.92. The number of hydrogen-bond acceptors (Lipinski definition) is 2. The van der Waals surface area contributed by atoms with Crippen molar-refractivity contribution in [2.45, 2.75) is 90.1 Å². The molecule has 0 amide bonds. The summed E-state index contributed by atoms with van der Waals surface area (Å²) in [7, 11) is 0. The molecular weight excluding hydrogens is 477 g/mol. The summed E-state index contributed by atoms with van der Waals surface area (Å²) < 4.78 is 103. The number of alkyl halides is 2. The Bertz CT molecular complexity index is 830. The van der Waals surface area contributed by atoms with E-state index in [1.807, 2.05) is 0 Å². The maximum atomic E-state index is 14.8. The predicted molar refractivity (Wildman–Crippen MR) is 118 cm³/mol. The van der Waals surface area contributed by atoms with E-state index in [4.69, 9.17) is 0 Å². The van der Waals surface area contributed by atoms with E-state index in [9.17, 15) is 30.7 Å². The minimum Gasteiger partial charge on any atom is -0.432 e. The van der Waals surface area contributed by atoms with Crippen molar-refractivity contribution in [2.75, 3.05) is 0 Å². The first kappa shape index (κ1) is 27.7. The summed E-state index contributed by atoms with van der Waals surface area (Å²) in [6.07, 6.45) is 4.98. The number of halogens is 7. The van der Waals surface area contributed by atoms with Gasteiger partial charge >= 0.3 is 18.2 Å². The first-order chi connectivity index (χ1) is 16.6. The molecule has 3 rings (SSSR count). The lowest BCUT2D eigenvalue weighted by molar-refractivity contribution is -0.224. The predicted octanol–water partition coefficient (Wildman–Crippen LogP) is 9.54. The lowest BCUT2D eigenvalue weighted by Crippen LogP contribution is -2.38. The van der Waals surface area contributed by atoms with Gasteiger partial charge in [-0.3, -0.25) is 0 Å². The second-order valence-electron chi connectivity index (χ2n) is 9.90. The van der Waals surface area contributed by atoms with E-state index in [1.54, 1.807) is 0 Å². The average molecular weight is 511 g/mol. The van der Waals surface area contributed by atoms with Gasteiger partial charge in [0.15, 0.2) is 11.6 Å². The zero-order chi connectivity index (χ0) is 25.6. The molecule has 0 heterocycles. The lowest BCUT2D eigenvalue weighted by Gasteiger charge is -2.39. The monoisotopic (exact) mass is 510 g/mol. The molecule has 35 heavy (non-hydrogen) atoms. The minimum atomic E-state index is -3.67. The van der Waals surface area contributed by atoms with Gasteiger partial charge in [0, 0.05) is 12.1 Å². The highest BCUT2D eigenvalue weighted by molar-refractivity contribution is 5.36. The summed E-state index contributed by atoms with van der Waals surface area (Å²) in [6.45, 7) is 2.20. The van der Waals surface area contributed by atoms with Crippen LogP contribution in [0, 0.1) is 35.3 Å². The number of ether oxygens (including phenoxy) is 2. The second kappa shape index (κ2) is 12.3. The normalized spacial score (nSPS) is 25.3. The standard InChI is InChI=1S/C26H33F7O2/c1-2-3-4-5-16-6-8-17(9-7-16)18-10-12-19(13-11-18)26(32,33)35-20-14-21(27)23(22(28)15-20)34-25(31)24(29)30/h14-19H,2-13H2,1H3. The minimum absolute atomic E-state index is 0.242. The maximum Gasteiger partial charge on any atom is 0.400 e. The van der Waals surface area contributed by atoms with Crippen LogP contribution in [0.4, 0.5) is 30.7 Å². The van der Waals surface area contributed by atoms with E-state index in [-0.39, 0.29) is 12.8 Å². The summed E-state index contributed by atoms with van der Waals surface area (Å²) in [4.78, 5) is 0. The van der Waals surface area contributed by atoms with E-state index >= 15 is 0 Å². The van der Waals surface area contributed by atoms with Gasteiger partial charge in [0.05, 0.1) is 5.92 Å². The Kier molecular flexibility index (Phi) is 9.76. The van der Waals surface area contributed by atoms with Crippen LogP contribution in [-0.2, 0) is 0 Å². The Labute approximate surface area is 201 Å². The SMILES string of the molecule is CCCCCC1CCC(C2CCC(C(F)(F)Oc3cc(F)c(OC(F)=C(F)F)c(F)c3)CC2)CC1. The fraction of sp³-hybridized carbons (Fsp3) is 0.692. The van der Waals surface area contributed by atoms with Crippen molar-refractivity contribution >= 4 is 0 Å². The first-order valence-electron chi connectivity index (χ1n) is 12.5. The van der Waals surface area contributed by atoms with Crippen LogP contribution in [0.3, 0.4) is 0 Å². The number of unbranched alkanes of at least 4 members (excludes halogenated alkanes) is 2. The third kappa shape index (κ3) is 7.53. The summed E-state index contributed by atoms with van der Waals surface area (Å²) >= 11 is 0. The summed E-state index contributed by atoms with van der Waals surface area (Å²) in [6, 6.07) is -1.76. The molecule has 2 aliphatic rings. The zero-order valence-corrected chi connectivity index (χ0v) is 19.9. The van der Waals surface area contributed by atoms with E-state index in [0.717, 1.165) is 18.8 Å². The molecule has 0 bridgehead atoms. The smallest absolute Gasteiger partial charge is 0.400 e. The highest BCUT2D eigenvalue weighted by atomic mass is 19.3. The van der Waals surface area contributed by atoms with Crippen LogP contribution in [0.15, 0.2) is 24.2 Å². The van der Waals surface area contributed by atoms with Crippen molar-refractivity contribution in [3.63, 3.8) is 0 Å². The van der Waals surface area contributed by atoms with Crippen molar-refractivity contribution in [2.24, 2.45) is 23.7 Å². The van der Waals surface area contributed by atoms with Gasteiger partial charge < -0.3 is 9.47 Å². The van der Waals surface area contributed by atoms with Crippen LogP contribution in [0.25, 0.3) is 0 Å². The molecule has 198 valence electrons. The van der Waals surface area contributed by atoms with Gasteiger partial charge in [0.25, 0.3) is 0 Å². The average Bonchev–Trinajstić information content (AvgIpc) is 2.81. The molecule has 0 N–H and O–H groups in total. The van der Waals surface area contributed by atoms with Crippen molar-refractivity contribution in [1.82, 2.24) is 0 Å². The van der Waals surface area contributed by atoms with Gasteiger partial charge in [-0.05, 0) is 56.3 Å². The van der Waals surface area contributed by atoms with E-state index < -0.39 is 47.3 Å². The van der Waals surface area contributed by atoms with Crippen molar-refractivity contribution in [3.8, 4) is 11.5 Å². The first-order valence-corrected chi connectivity index (χ1v) is 12.5. The zero-order valence-electron chi connectivity index (χ0n) is 19.9. The molecule has 1 aromatic carbocycles. The molecule has 0 atom stereocenters. The van der Waals surface area contributed by atoms with Crippen LogP contribution in [0.5, 0.6) is 11.5 Å². The molecule has 2 fully saturated rings. The van der Waals surface area contributed by atoms with Crippen molar-refractivity contribution < 1.29 is 40.2 Å². The van der Waals surface area contributed by atoms with Crippen molar-refractivity contribution in [3.05, 3.63) is 35.9 Å². The highest BCUT2D eigenvalue weighted by Crippen LogP contribution is 2.46. The fourth-order valence-electron chi connectivity index (χ4n) is 5.62.